The van der Waals surface area contributed by atoms with Gasteiger partial charge in [0.25, 0.3) is 5.91 Å². The maximum atomic E-state index is 12.1. The Morgan fingerprint density at radius 3 is 2.45 bits per heavy atom. The monoisotopic (exact) mass is 294 g/mol. The number of hydrogen-bond acceptors (Lipinski definition) is 3. The number of thiocarbonyl (C=S) groups is 1. The molecule has 1 heterocycles. The van der Waals surface area contributed by atoms with E-state index in [9.17, 15) is 4.79 Å². The minimum atomic E-state index is -0.177. The van der Waals surface area contributed by atoms with Crippen LogP contribution in [0.15, 0.2) is 24.3 Å². The number of likely N-dealkylation sites (N-methyl/N-ethyl adjacent to an activating group) is 1. The van der Waals surface area contributed by atoms with Crippen LogP contribution in [-0.4, -0.2) is 56.3 Å². The van der Waals surface area contributed by atoms with Crippen LogP contribution in [0.5, 0.6) is 5.75 Å². The maximum Gasteiger partial charge on any atom is 0.257 e. The van der Waals surface area contributed by atoms with Crippen molar-refractivity contribution in [1.29, 1.82) is 0 Å². The molecule has 0 saturated carbocycles. The molecule has 1 aliphatic rings. The Labute approximate surface area is 124 Å². The lowest BCUT2D eigenvalue weighted by molar-refractivity contribution is -0.883. The number of quaternary nitrogens is 1. The molecule has 2 rings (SSSR count). The van der Waals surface area contributed by atoms with E-state index in [4.69, 9.17) is 17.0 Å². The number of hydrogen-bond donors (Lipinski definition) is 2. The SMILES string of the molecule is COc1ccc(C(=O)NC(=S)N2CC[NH+](C)CC2)cc1. The van der Waals surface area contributed by atoms with Crippen molar-refractivity contribution in [3.8, 4) is 5.75 Å². The molecule has 0 aliphatic carbocycles. The van der Waals surface area contributed by atoms with E-state index in [1.165, 1.54) is 4.90 Å². The van der Waals surface area contributed by atoms with Crippen molar-refractivity contribution in [1.82, 2.24) is 10.2 Å². The Bertz CT molecular complexity index is 482. The lowest BCUT2D eigenvalue weighted by Gasteiger charge is -2.31. The van der Waals surface area contributed by atoms with Crippen molar-refractivity contribution in [2.45, 2.75) is 0 Å². The van der Waals surface area contributed by atoms with E-state index in [1.54, 1.807) is 31.4 Å². The van der Waals surface area contributed by atoms with Gasteiger partial charge in [-0.05, 0) is 36.5 Å². The fraction of sp³-hybridized carbons (Fsp3) is 0.429. The van der Waals surface area contributed by atoms with Crippen molar-refractivity contribution in [3.05, 3.63) is 29.8 Å². The predicted octanol–water partition coefficient (Wildman–Crippen LogP) is -0.460. The van der Waals surface area contributed by atoms with Crippen LogP contribution < -0.4 is 15.0 Å². The molecule has 20 heavy (non-hydrogen) atoms. The standard InChI is InChI=1S/C14H19N3O2S/c1-16-7-9-17(10-8-16)14(20)15-13(18)11-3-5-12(19-2)6-4-11/h3-6H,7-10H2,1-2H3,(H,15,18,20)/p+1. The highest BCUT2D eigenvalue weighted by Gasteiger charge is 2.20. The molecule has 2 N–H and O–H groups in total. The zero-order chi connectivity index (χ0) is 14.5. The Hall–Kier alpha value is -1.66. The van der Waals surface area contributed by atoms with E-state index in [-0.39, 0.29) is 5.91 Å². The maximum absolute atomic E-state index is 12.1. The number of nitrogens with one attached hydrogen (secondary N) is 2. The summed E-state index contributed by atoms with van der Waals surface area (Å²) in [5.74, 6) is 0.551. The number of carbonyl (C=O) groups excluding carboxylic acids is 1. The number of methoxy groups -OCH3 is 1. The summed E-state index contributed by atoms with van der Waals surface area (Å²) < 4.78 is 5.07. The summed E-state index contributed by atoms with van der Waals surface area (Å²) in [4.78, 5) is 15.6. The quantitative estimate of drug-likeness (QED) is 0.725. The van der Waals surface area contributed by atoms with Crippen molar-refractivity contribution < 1.29 is 14.4 Å². The molecule has 0 aromatic heterocycles. The topological polar surface area (TPSA) is 46.0 Å². The zero-order valence-corrected chi connectivity index (χ0v) is 12.6. The van der Waals surface area contributed by atoms with Crippen LogP contribution in [0.2, 0.25) is 0 Å². The highest BCUT2D eigenvalue weighted by Crippen LogP contribution is 2.11. The van der Waals surface area contributed by atoms with Gasteiger partial charge in [-0.2, -0.15) is 0 Å². The summed E-state index contributed by atoms with van der Waals surface area (Å²) in [5, 5.41) is 3.30. The van der Waals surface area contributed by atoms with Gasteiger partial charge in [0, 0.05) is 5.56 Å². The average molecular weight is 294 g/mol. The lowest BCUT2D eigenvalue weighted by Crippen LogP contribution is -3.12. The zero-order valence-electron chi connectivity index (χ0n) is 11.8. The number of piperazine rings is 1. The van der Waals surface area contributed by atoms with Crippen molar-refractivity contribution in [2.75, 3.05) is 40.3 Å². The van der Waals surface area contributed by atoms with Crippen LogP contribution in [0.1, 0.15) is 10.4 Å². The molecule has 0 atom stereocenters. The van der Waals surface area contributed by atoms with E-state index in [1.807, 2.05) is 4.90 Å². The normalized spacial score (nSPS) is 15.8. The summed E-state index contributed by atoms with van der Waals surface area (Å²) >= 11 is 5.30. The van der Waals surface area contributed by atoms with Crippen molar-refractivity contribution in [3.63, 3.8) is 0 Å². The molecule has 5 nitrogen and oxygen atoms in total. The summed E-state index contributed by atoms with van der Waals surface area (Å²) in [6.07, 6.45) is 0. The number of ether oxygens (including phenoxy) is 1. The molecule has 1 saturated heterocycles. The first-order valence-corrected chi connectivity index (χ1v) is 7.06. The van der Waals surface area contributed by atoms with Crippen LogP contribution >= 0.6 is 12.2 Å². The van der Waals surface area contributed by atoms with Crippen LogP contribution in [0.3, 0.4) is 0 Å². The largest absolute Gasteiger partial charge is 0.497 e. The van der Waals surface area contributed by atoms with E-state index in [0.29, 0.717) is 10.7 Å². The molecule has 0 unspecified atom stereocenters. The molecular formula is C14H20N3O2S+. The highest BCUT2D eigenvalue weighted by molar-refractivity contribution is 7.80. The third-order valence-corrected chi connectivity index (χ3v) is 3.84. The number of benzene rings is 1. The molecule has 0 bridgehead atoms. The van der Waals surface area contributed by atoms with Crippen LogP contribution in [0.25, 0.3) is 0 Å². The first kappa shape index (κ1) is 14.7. The molecule has 1 aromatic carbocycles. The Morgan fingerprint density at radius 2 is 1.90 bits per heavy atom. The van der Waals surface area contributed by atoms with Crippen LogP contribution in [0.4, 0.5) is 0 Å². The van der Waals surface area contributed by atoms with Crippen LogP contribution in [-0.2, 0) is 0 Å². The smallest absolute Gasteiger partial charge is 0.257 e. The van der Waals surface area contributed by atoms with E-state index < -0.39 is 0 Å². The molecule has 0 radical (unpaired) electrons. The minimum absolute atomic E-state index is 0.177. The molecule has 1 aromatic rings. The van der Waals surface area contributed by atoms with Gasteiger partial charge < -0.3 is 14.5 Å². The molecule has 6 heteroatoms. The van der Waals surface area contributed by atoms with E-state index in [0.717, 1.165) is 31.9 Å². The summed E-state index contributed by atoms with van der Waals surface area (Å²) in [7, 11) is 3.76. The van der Waals surface area contributed by atoms with Gasteiger partial charge in [0.1, 0.15) is 5.75 Å². The second-order valence-corrected chi connectivity index (χ2v) is 5.32. The van der Waals surface area contributed by atoms with Gasteiger partial charge in [0.2, 0.25) is 0 Å². The second kappa shape index (κ2) is 6.67. The Kier molecular flexibility index (Phi) is 4.92. The van der Waals surface area contributed by atoms with Gasteiger partial charge in [0.15, 0.2) is 5.11 Å². The first-order chi connectivity index (χ1) is 9.60. The Morgan fingerprint density at radius 1 is 1.30 bits per heavy atom. The highest BCUT2D eigenvalue weighted by atomic mass is 32.1. The van der Waals surface area contributed by atoms with E-state index >= 15 is 0 Å². The minimum Gasteiger partial charge on any atom is -0.497 e. The van der Waals surface area contributed by atoms with Gasteiger partial charge in [-0.25, -0.2) is 0 Å². The molecule has 1 aliphatic heterocycles. The molecule has 1 amide bonds. The number of nitrogens with zero attached hydrogens (tertiary/aromatic N) is 1. The number of amides is 1. The Balaban J connectivity index is 1.91. The molecule has 0 spiro atoms. The second-order valence-electron chi connectivity index (χ2n) is 4.93. The van der Waals surface area contributed by atoms with Gasteiger partial charge in [-0.15, -0.1) is 0 Å². The third kappa shape index (κ3) is 3.68. The van der Waals surface area contributed by atoms with Crippen molar-refractivity contribution >= 4 is 23.2 Å². The fourth-order valence-electron chi connectivity index (χ4n) is 2.08. The molecular weight excluding hydrogens is 274 g/mol. The van der Waals surface area contributed by atoms with E-state index in [2.05, 4.69) is 12.4 Å². The van der Waals surface area contributed by atoms with Gasteiger partial charge in [0.05, 0.1) is 40.3 Å². The van der Waals surface area contributed by atoms with Gasteiger partial charge in [-0.1, -0.05) is 0 Å². The molecule has 1 fully saturated rings. The summed E-state index contributed by atoms with van der Waals surface area (Å²) in [6.45, 7) is 3.85. The summed E-state index contributed by atoms with van der Waals surface area (Å²) in [6, 6.07) is 6.98. The summed E-state index contributed by atoms with van der Waals surface area (Å²) in [5.41, 5.74) is 0.577. The average Bonchev–Trinajstić information content (AvgIpc) is 2.48. The first-order valence-electron chi connectivity index (χ1n) is 6.66. The van der Waals surface area contributed by atoms with Gasteiger partial charge in [-0.3, -0.25) is 10.1 Å². The van der Waals surface area contributed by atoms with Crippen molar-refractivity contribution in [2.24, 2.45) is 0 Å². The fourth-order valence-corrected chi connectivity index (χ4v) is 2.36. The lowest BCUT2D eigenvalue weighted by atomic mass is 10.2. The van der Waals surface area contributed by atoms with Crippen LogP contribution in [0, 0.1) is 0 Å². The molecule has 108 valence electrons. The number of rotatable bonds is 2. The number of carbonyl (C=O) groups is 1. The van der Waals surface area contributed by atoms with Gasteiger partial charge >= 0.3 is 0 Å². The third-order valence-electron chi connectivity index (χ3n) is 3.48. The predicted molar refractivity (Wildman–Crippen MR) is 81.3 cm³/mol.